The summed E-state index contributed by atoms with van der Waals surface area (Å²) in [7, 11) is 0. The molecular formula is C17H23F3N2O2. The van der Waals surface area contributed by atoms with E-state index in [1.807, 2.05) is 0 Å². The van der Waals surface area contributed by atoms with Crippen LogP contribution in [0.25, 0.3) is 0 Å². The highest BCUT2D eigenvalue weighted by atomic mass is 19.4. The predicted octanol–water partition coefficient (Wildman–Crippen LogP) is 2.19. The molecule has 2 unspecified atom stereocenters. The van der Waals surface area contributed by atoms with E-state index in [4.69, 9.17) is 4.74 Å². The zero-order valence-corrected chi connectivity index (χ0v) is 13.4. The van der Waals surface area contributed by atoms with Crippen LogP contribution in [-0.2, 0) is 10.9 Å². The molecule has 3 rings (SSSR count). The van der Waals surface area contributed by atoms with Crippen LogP contribution in [0.1, 0.15) is 30.1 Å². The van der Waals surface area contributed by atoms with E-state index in [-0.39, 0.29) is 18.2 Å². The van der Waals surface area contributed by atoms with E-state index in [0.717, 1.165) is 19.2 Å². The smallest absolute Gasteiger partial charge is 0.387 e. The average molecular weight is 344 g/mol. The van der Waals surface area contributed by atoms with Crippen LogP contribution in [-0.4, -0.2) is 54.9 Å². The van der Waals surface area contributed by atoms with Gasteiger partial charge < -0.3 is 15.2 Å². The zero-order valence-electron chi connectivity index (χ0n) is 13.4. The number of aliphatic hydroxyl groups is 1. The van der Waals surface area contributed by atoms with Crippen LogP contribution in [0.3, 0.4) is 0 Å². The molecule has 1 saturated heterocycles. The Morgan fingerprint density at radius 2 is 2.04 bits per heavy atom. The molecule has 0 spiro atoms. The van der Waals surface area contributed by atoms with E-state index in [1.165, 1.54) is 31.0 Å². The fraction of sp³-hybridized carbons (Fsp3) is 0.647. The third kappa shape index (κ3) is 4.47. The molecule has 2 atom stereocenters. The van der Waals surface area contributed by atoms with Gasteiger partial charge in [0.25, 0.3) is 0 Å². The molecule has 1 heterocycles. The highest BCUT2D eigenvalue weighted by Crippen LogP contribution is 2.34. The first kappa shape index (κ1) is 17.7. The third-order valence-electron chi connectivity index (χ3n) is 4.57. The van der Waals surface area contributed by atoms with Crippen LogP contribution in [0.5, 0.6) is 0 Å². The van der Waals surface area contributed by atoms with Crippen LogP contribution < -0.4 is 5.32 Å². The predicted molar refractivity (Wildman–Crippen MR) is 83.6 cm³/mol. The van der Waals surface area contributed by atoms with Crippen molar-refractivity contribution in [1.82, 2.24) is 10.2 Å². The maximum atomic E-state index is 13.0. The van der Waals surface area contributed by atoms with Crippen molar-refractivity contribution in [3.05, 3.63) is 35.4 Å². The SMILES string of the molecule is OC(CNCC1CN(C2CC2)CCO1)c1ccccc1C(F)(F)F. The molecule has 1 aromatic rings. The maximum absolute atomic E-state index is 13.0. The largest absolute Gasteiger partial charge is 0.416 e. The Labute approximate surface area is 139 Å². The van der Waals surface area contributed by atoms with Gasteiger partial charge in [0.1, 0.15) is 0 Å². The van der Waals surface area contributed by atoms with Crippen molar-refractivity contribution in [3.8, 4) is 0 Å². The lowest BCUT2D eigenvalue weighted by molar-refractivity contribution is -0.139. The van der Waals surface area contributed by atoms with E-state index < -0.39 is 17.8 Å². The van der Waals surface area contributed by atoms with Gasteiger partial charge in [0, 0.05) is 32.2 Å². The average Bonchev–Trinajstić information content (AvgIpc) is 3.39. The fourth-order valence-corrected chi connectivity index (χ4v) is 3.17. The van der Waals surface area contributed by atoms with Crippen LogP contribution in [0.4, 0.5) is 13.2 Å². The molecule has 1 saturated carbocycles. The van der Waals surface area contributed by atoms with Gasteiger partial charge in [0.2, 0.25) is 0 Å². The first-order valence-corrected chi connectivity index (χ1v) is 8.35. The molecule has 1 aliphatic carbocycles. The lowest BCUT2D eigenvalue weighted by Crippen LogP contribution is -2.47. The summed E-state index contributed by atoms with van der Waals surface area (Å²) in [5.74, 6) is 0. The van der Waals surface area contributed by atoms with Crippen molar-refractivity contribution in [2.45, 2.75) is 37.3 Å². The highest BCUT2D eigenvalue weighted by molar-refractivity contribution is 5.31. The summed E-state index contributed by atoms with van der Waals surface area (Å²) in [4.78, 5) is 2.41. The topological polar surface area (TPSA) is 44.7 Å². The summed E-state index contributed by atoms with van der Waals surface area (Å²) >= 11 is 0. The maximum Gasteiger partial charge on any atom is 0.416 e. The molecule has 0 amide bonds. The molecular weight excluding hydrogens is 321 g/mol. The van der Waals surface area contributed by atoms with Gasteiger partial charge in [-0.05, 0) is 24.5 Å². The molecule has 2 fully saturated rings. The molecule has 2 N–H and O–H groups in total. The van der Waals surface area contributed by atoms with Crippen LogP contribution in [0, 0.1) is 0 Å². The van der Waals surface area contributed by atoms with E-state index >= 15 is 0 Å². The Hall–Kier alpha value is -1.15. The second-order valence-electron chi connectivity index (χ2n) is 6.48. The van der Waals surface area contributed by atoms with Crippen molar-refractivity contribution in [2.24, 2.45) is 0 Å². The van der Waals surface area contributed by atoms with Crippen molar-refractivity contribution < 1.29 is 23.0 Å². The molecule has 1 aromatic carbocycles. The molecule has 7 heteroatoms. The van der Waals surface area contributed by atoms with Gasteiger partial charge in [-0.1, -0.05) is 18.2 Å². The minimum atomic E-state index is -4.46. The van der Waals surface area contributed by atoms with Gasteiger partial charge >= 0.3 is 6.18 Å². The highest BCUT2D eigenvalue weighted by Gasteiger charge is 2.35. The second kappa shape index (κ2) is 7.39. The van der Waals surface area contributed by atoms with E-state index in [0.29, 0.717) is 19.2 Å². The number of benzene rings is 1. The quantitative estimate of drug-likeness (QED) is 0.830. The number of rotatable bonds is 6. The number of hydrogen-bond acceptors (Lipinski definition) is 4. The van der Waals surface area contributed by atoms with Gasteiger partial charge in [-0.3, -0.25) is 4.90 Å². The minimum absolute atomic E-state index is 0.0180. The minimum Gasteiger partial charge on any atom is -0.387 e. The van der Waals surface area contributed by atoms with Crippen molar-refractivity contribution in [3.63, 3.8) is 0 Å². The number of alkyl halides is 3. The van der Waals surface area contributed by atoms with Crippen molar-refractivity contribution in [1.29, 1.82) is 0 Å². The summed E-state index contributed by atoms with van der Waals surface area (Å²) < 4.78 is 44.7. The Morgan fingerprint density at radius 1 is 1.29 bits per heavy atom. The molecule has 134 valence electrons. The standard InChI is InChI=1S/C17H23F3N2O2/c18-17(19,20)15-4-2-1-3-14(15)16(23)10-21-9-13-11-22(7-8-24-13)12-5-6-12/h1-4,12-13,16,21,23H,5-11H2. The molecule has 24 heavy (non-hydrogen) atoms. The van der Waals surface area contributed by atoms with Gasteiger partial charge in [0.15, 0.2) is 0 Å². The first-order valence-electron chi connectivity index (χ1n) is 8.35. The Bertz CT molecular complexity index is 549. The second-order valence-corrected chi connectivity index (χ2v) is 6.48. The molecule has 4 nitrogen and oxygen atoms in total. The lowest BCUT2D eigenvalue weighted by atomic mass is 10.0. The first-order chi connectivity index (χ1) is 11.4. The summed E-state index contributed by atoms with van der Waals surface area (Å²) in [6.07, 6.45) is -3.16. The van der Waals surface area contributed by atoms with Crippen LogP contribution in [0.15, 0.2) is 24.3 Å². The Kier molecular flexibility index (Phi) is 5.44. The Morgan fingerprint density at radius 3 is 2.75 bits per heavy atom. The normalized spacial score (nSPS) is 24.1. The summed E-state index contributed by atoms with van der Waals surface area (Å²) in [6.45, 7) is 3.06. The molecule has 0 bridgehead atoms. The van der Waals surface area contributed by atoms with E-state index in [9.17, 15) is 18.3 Å². The van der Waals surface area contributed by atoms with Crippen molar-refractivity contribution in [2.75, 3.05) is 32.8 Å². The third-order valence-corrected chi connectivity index (χ3v) is 4.57. The van der Waals surface area contributed by atoms with Crippen LogP contribution in [0.2, 0.25) is 0 Å². The number of morpholine rings is 1. The summed E-state index contributed by atoms with van der Waals surface area (Å²) in [5.41, 5.74) is -0.880. The van der Waals surface area contributed by atoms with Crippen LogP contribution >= 0.6 is 0 Å². The summed E-state index contributed by atoms with van der Waals surface area (Å²) in [5, 5.41) is 13.2. The molecule has 0 radical (unpaired) electrons. The van der Waals surface area contributed by atoms with Gasteiger partial charge in [-0.25, -0.2) is 0 Å². The molecule has 0 aromatic heterocycles. The molecule has 2 aliphatic rings. The van der Waals surface area contributed by atoms with E-state index in [1.54, 1.807) is 0 Å². The molecule has 1 aliphatic heterocycles. The number of halogens is 3. The van der Waals surface area contributed by atoms with Gasteiger partial charge in [-0.2, -0.15) is 13.2 Å². The number of nitrogens with zero attached hydrogens (tertiary/aromatic N) is 1. The summed E-state index contributed by atoms with van der Waals surface area (Å²) in [6, 6.07) is 5.83. The van der Waals surface area contributed by atoms with Crippen molar-refractivity contribution >= 4 is 0 Å². The van der Waals surface area contributed by atoms with Gasteiger partial charge in [0.05, 0.1) is 24.4 Å². The monoisotopic (exact) mass is 344 g/mol. The fourth-order valence-electron chi connectivity index (χ4n) is 3.17. The number of aliphatic hydroxyl groups excluding tert-OH is 1. The Balaban J connectivity index is 1.50. The number of hydrogen-bond donors (Lipinski definition) is 2. The van der Waals surface area contributed by atoms with E-state index in [2.05, 4.69) is 10.2 Å². The number of nitrogens with one attached hydrogen (secondary N) is 1. The zero-order chi connectivity index (χ0) is 17.2. The van der Waals surface area contributed by atoms with Gasteiger partial charge in [-0.15, -0.1) is 0 Å². The number of ether oxygens (including phenoxy) is 1. The lowest BCUT2D eigenvalue weighted by Gasteiger charge is -2.33.